The van der Waals surface area contributed by atoms with Crippen LogP contribution in [-0.4, -0.2) is 11.1 Å². The third-order valence-electron chi connectivity index (χ3n) is 3.55. The number of carbonyl (C=O) groups is 1. The molecule has 0 aliphatic rings. The number of amides is 1. The van der Waals surface area contributed by atoms with Crippen LogP contribution in [0.25, 0.3) is 11.3 Å². The molecule has 0 spiro atoms. The first kappa shape index (κ1) is 14.1. The summed E-state index contributed by atoms with van der Waals surface area (Å²) in [6, 6.07) is 17.4. The lowest BCUT2D eigenvalue weighted by molar-refractivity contribution is 0.0951. The van der Waals surface area contributed by atoms with Crippen molar-refractivity contribution in [3.63, 3.8) is 0 Å². The van der Waals surface area contributed by atoms with Crippen LogP contribution in [0, 0.1) is 6.92 Å². The van der Waals surface area contributed by atoms with Crippen LogP contribution in [0.2, 0.25) is 0 Å². The molecule has 4 heteroatoms. The van der Waals surface area contributed by atoms with Gasteiger partial charge in [0.25, 0.3) is 5.91 Å². The van der Waals surface area contributed by atoms with E-state index in [0.29, 0.717) is 17.9 Å². The fraction of sp³-hybridized carbons (Fsp3) is 0.111. The normalized spacial score (nSPS) is 10.4. The van der Waals surface area contributed by atoms with Gasteiger partial charge in [-0.25, -0.2) is 0 Å². The van der Waals surface area contributed by atoms with E-state index in [1.54, 1.807) is 0 Å². The number of hydrogen-bond acceptors (Lipinski definition) is 3. The van der Waals surface area contributed by atoms with Crippen molar-refractivity contribution in [2.24, 2.45) is 0 Å². The Balaban J connectivity index is 1.77. The zero-order chi connectivity index (χ0) is 15.4. The van der Waals surface area contributed by atoms with E-state index in [1.165, 1.54) is 6.20 Å². The third kappa shape index (κ3) is 2.91. The van der Waals surface area contributed by atoms with Gasteiger partial charge in [0.05, 0.1) is 6.20 Å². The monoisotopic (exact) mass is 292 g/mol. The SMILES string of the molecule is Cc1ccccc1CNC(=O)c1cnoc1-c1ccccc1. The van der Waals surface area contributed by atoms with Gasteiger partial charge in [0, 0.05) is 12.1 Å². The van der Waals surface area contributed by atoms with Crippen LogP contribution >= 0.6 is 0 Å². The number of rotatable bonds is 4. The fourth-order valence-electron chi connectivity index (χ4n) is 2.28. The van der Waals surface area contributed by atoms with E-state index in [0.717, 1.165) is 16.7 Å². The van der Waals surface area contributed by atoms with Gasteiger partial charge in [0.15, 0.2) is 5.76 Å². The van der Waals surface area contributed by atoms with Gasteiger partial charge in [-0.05, 0) is 18.1 Å². The second kappa shape index (κ2) is 6.26. The number of nitrogens with one attached hydrogen (secondary N) is 1. The lowest BCUT2D eigenvalue weighted by atomic mass is 10.1. The van der Waals surface area contributed by atoms with Gasteiger partial charge >= 0.3 is 0 Å². The van der Waals surface area contributed by atoms with E-state index < -0.39 is 0 Å². The van der Waals surface area contributed by atoms with E-state index in [2.05, 4.69) is 10.5 Å². The minimum Gasteiger partial charge on any atom is -0.355 e. The van der Waals surface area contributed by atoms with Crippen molar-refractivity contribution in [1.29, 1.82) is 0 Å². The molecular weight excluding hydrogens is 276 g/mol. The first-order valence-corrected chi connectivity index (χ1v) is 7.08. The molecule has 3 aromatic rings. The number of benzene rings is 2. The molecular formula is C18H16N2O2. The number of aryl methyl sites for hydroxylation is 1. The van der Waals surface area contributed by atoms with Crippen molar-refractivity contribution < 1.29 is 9.32 Å². The molecule has 0 unspecified atom stereocenters. The highest BCUT2D eigenvalue weighted by Crippen LogP contribution is 2.23. The predicted octanol–water partition coefficient (Wildman–Crippen LogP) is 3.58. The summed E-state index contributed by atoms with van der Waals surface area (Å²) in [5, 5.41) is 6.67. The average Bonchev–Trinajstić information content (AvgIpc) is 3.04. The van der Waals surface area contributed by atoms with E-state index >= 15 is 0 Å². The van der Waals surface area contributed by atoms with Crippen molar-refractivity contribution in [3.8, 4) is 11.3 Å². The first-order chi connectivity index (χ1) is 10.8. The van der Waals surface area contributed by atoms with E-state index in [1.807, 2.05) is 61.5 Å². The fourth-order valence-corrected chi connectivity index (χ4v) is 2.28. The maximum atomic E-state index is 12.4. The lowest BCUT2D eigenvalue weighted by Crippen LogP contribution is -2.23. The molecule has 4 nitrogen and oxygen atoms in total. The molecule has 0 radical (unpaired) electrons. The Morgan fingerprint density at radius 1 is 1.09 bits per heavy atom. The topological polar surface area (TPSA) is 55.1 Å². The van der Waals surface area contributed by atoms with Crippen LogP contribution in [0.1, 0.15) is 21.5 Å². The minimum absolute atomic E-state index is 0.191. The molecule has 110 valence electrons. The standard InChI is InChI=1S/C18H16N2O2/c1-13-7-5-6-10-15(13)11-19-18(21)16-12-20-22-17(16)14-8-3-2-4-9-14/h2-10,12H,11H2,1H3,(H,19,21). The van der Waals surface area contributed by atoms with Crippen molar-refractivity contribution >= 4 is 5.91 Å². The van der Waals surface area contributed by atoms with Crippen molar-refractivity contribution in [2.45, 2.75) is 13.5 Å². The van der Waals surface area contributed by atoms with Crippen LogP contribution in [0.3, 0.4) is 0 Å². The van der Waals surface area contributed by atoms with Gasteiger partial charge in [-0.3, -0.25) is 4.79 Å². The third-order valence-corrected chi connectivity index (χ3v) is 3.55. The molecule has 2 aromatic carbocycles. The number of carbonyl (C=O) groups excluding carboxylic acids is 1. The van der Waals surface area contributed by atoms with E-state index in [9.17, 15) is 4.79 Å². The van der Waals surface area contributed by atoms with E-state index in [-0.39, 0.29) is 5.91 Å². The maximum Gasteiger partial charge on any atom is 0.257 e. The summed E-state index contributed by atoms with van der Waals surface area (Å²) in [6.07, 6.45) is 1.45. The molecule has 1 N–H and O–H groups in total. The second-order valence-electron chi connectivity index (χ2n) is 5.04. The molecule has 1 amide bonds. The summed E-state index contributed by atoms with van der Waals surface area (Å²) in [5.74, 6) is 0.297. The van der Waals surface area contributed by atoms with E-state index in [4.69, 9.17) is 4.52 Å². The quantitative estimate of drug-likeness (QED) is 0.799. The average molecular weight is 292 g/mol. The van der Waals surface area contributed by atoms with Gasteiger partial charge in [-0.2, -0.15) is 0 Å². The Kier molecular flexibility index (Phi) is 4.01. The van der Waals surface area contributed by atoms with Crippen molar-refractivity contribution in [2.75, 3.05) is 0 Å². The van der Waals surface area contributed by atoms with Crippen molar-refractivity contribution in [3.05, 3.63) is 77.5 Å². The zero-order valence-corrected chi connectivity index (χ0v) is 12.2. The molecule has 1 aromatic heterocycles. The zero-order valence-electron chi connectivity index (χ0n) is 12.2. The highest BCUT2D eigenvalue weighted by Gasteiger charge is 2.17. The number of nitrogens with zero attached hydrogens (tertiary/aromatic N) is 1. The van der Waals surface area contributed by atoms with Crippen LogP contribution in [0.5, 0.6) is 0 Å². The Morgan fingerprint density at radius 3 is 2.59 bits per heavy atom. The van der Waals surface area contributed by atoms with Gasteiger partial charge < -0.3 is 9.84 Å². The molecule has 3 rings (SSSR count). The Hall–Kier alpha value is -2.88. The molecule has 0 fully saturated rings. The summed E-state index contributed by atoms with van der Waals surface area (Å²) in [7, 11) is 0. The molecule has 0 bridgehead atoms. The Morgan fingerprint density at radius 2 is 1.82 bits per heavy atom. The molecule has 22 heavy (non-hydrogen) atoms. The molecule has 0 saturated carbocycles. The second-order valence-corrected chi connectivity index (χ2v) is 5.04. The predicted molar refractivity (Wildman–Crippen MR) is 84.3 cm³/mol. The minimum atomic E-state index is -0.191. The van der Waals surface area contributed by atoms with Crippen LogP contribution in [0.15, 0.2) is 65.3 Å². The van der Waals surface area contributed by atoms with Crippen LogP contribution < -0.4 is 5.32 Å². The highest BCUT2D eigenvalue weighted by atomic mass is 16.5. The smallest absolute Gasteiger partial charge is 0.257 e. The Labute approximate surface area is 128 Å². The number of hydrogen-bond donors (Lipinski definition) is 1. The first-order valence-electron chi connectivity index (χ1n) is 7.08. The van der Waals surface area contributed by atoms with Crippen LogP contribution in [0.4, 0.5) is 0 Å². The molecule has 0 aliphatic heterocycles. The van der Waals surface area contributed by atoms with Crippen molar-refractivity contribution in [1.82, 2.24) is 10.5 Å². The molecule has 0 saturated heterocycles. The largest absolute Gasteiger partial charge is 0.355 e. The van der Waals surface area contributed by atoms with Gasteiger partial charge in [-0.1, -0.05) is 59.8 Å². The highest BCUT2D eigenvalue weighted by molar-refractivity contribution is 5.99. The van der Waals surface area contributed by atoms with Crippen LogP contribution in [-0.2, 0) is 6.54 Å². The van der Waals surface area contributed by atoms with Gasteiger partial charge in [0.1, 0.15) is 5.56 Å². The summed E-state index contributed by atoms with van der Waals surface area (Å²) in [5.41, 5.74) is 3.52. The molecule has 1 heterocycles. The molecule has 0 aliphatic carbocycles. The Bertz CT molecular complexity index is 779. The van der Waals surface area contributed by atoms with Gasteiger partial charge in [0.2, 0.25) is 0 Å². The lowest BCUT2D eigenvalue weighted by Gasteiger charge is -2.07. The maximum absolute atomic E-state index is 12.4. The summed E-state index contributed by atoms with van der Waals surface area (Å²) in [4.78, 5) is 12.4. The van der Waals surface area contributed by atoms with Gasteiger partial charge in [-0.15, -0.1) is 0 Å². The number of aromatic nitrogens is 1. The summed E-state index contributed by atoms with van der Waals surface area (Å²) < 4.78 is 5.24. The summed E-state index contributed by atoms with van der Waals surface area (Å²) in [6.45, 7) is 2.50. The molecule has 0 atom stereocenters. The summed E-state index contributed by atoms with van der Waals surface area (Å²) >= 11 is 0.